The minimum Gasteiger partial charge on any atom is -0.383 e. The van der Waals surface area contributed by atoms with Gasteiger partial charge in [0.2, 0.25) is 0 Å². The average Bonchev–Trinajstić information content (AvgIpc) is 3.09. The first-order valence-electron chi connectivity index (χ1n) is 8.82. The van der Waals surface area contributed by atoms with Gasteiger partial charge in [-0.3, -0.25) is 4.79 Å². The summed E-state index contributed by atoms with van der Waals surface area (Å²) in [5.41, 5.74) is 5.70. The lowest BCUT2D eigenvalue weighted by Gasteiger charge is -2.48. The summed E-state index contributed by atoms with van der Waals surface area (Å²) < 4.78 is 6.14. The van der Waals surface area contributed by atoms with Gasteiger partial charge in [-0.1, -0.05) is 30.0 Å². The van der Waals surface area contributed by atoms with E-state index in [4.69, 9.17) is 15.5 Å². The molecule has 4 rings (SSSR count). The van der Waals surface area contributed by atoms with E-state index < -0.39 is 5.54 Å². The number of aliphatic imine (C=N–C) groups is 1. The first kappa shape index (κ1) is 18.5. The Hall–Kier alpha value is -1.90. The number of hydrogen-bond donors (Lipinski definition) is 2. The predicted molar refractivity (Wildman–Crippen MR) is 110 cm³/mol. The van der Waals surface area contributed by atoms with Crippen molar-refractivity contribution in [3.63, 3.8) is 0 Å². The van der Waals surface area contributed by atoms with Crippen LogP contribution in [0.25, 0.3) is 0 Å². The molecule has 2 aliphatic rings. The van der Waals surface area contributed by atoms with Crippen LogP contribution in [-0.4, -0.2) is 34.0 Å². The monoisotopic (exact) mass is 402 g/mol. The van der Waals surface area contributed by atoms with Gasteiger partial charge >= 0.3 is 0 Å². The van der Waals surface area contributed by atoms with Crippen molar-refractivity contribution in [3.8, 4) is 0 Å². The Balaban J connectivity index is 1.67. The fourth-order valence-electron chi connectivity index (χ4n) is 3.55. The Bertz CT molecular complexity index is 881. The molecule has 3 heterocycles. The summed E-state index contributed by atoms with van der Waals surface area (Å²) in [5, 5.41) is 6.25. The molecule has 0 bridgehead atoms. The predicted octanol–water partition coefficient (Wildman–Crippen LogP) is 3.27. The highest BCUT2D eigenvalue weighted by Gasteiger charge is 2.52. The largest absolute Gasteiger partial charge is 0.383 e. The van der Waals surface area contributed by atoms with Crippen molar-refractivity contribution in [2.45, 2.75) is 31.4 Å². The van der Waals surface area contributed by atoms with Gasteiger partial charge in [0.05, 0.1) is 12.2 Å². The Morgan fingerprint density at radius 1 is 1.33 bits per heavy atom. The molecular formula is C19H22N4O2S2. The highest BCUT2D eigenvalue weighted by molar-refractivity contribution is 8.13. The minimum absolute atomic E-state index is 0.161. The van der Waals surface area contributed by atoms with Crippen molar-refractivity contribution in [1.82, 2.24) is 10.3 Å². The van der Waals surface area contributed by atoms with Crippen LogP contribution in [0.5, 0.6) is 0 Å². The smallest absolute Gasteiger partial charge is 0.257 e. The van der Waals surface area contributed by atoms with Gasteiger partial charge in [0.25, 0.3) is 5.91 Å². The Labute approximate surface area is 166 Å². The zero-order valence-corrected chi connectivity index (χ0v) is 16.9. The standard InChI is InChI=1S/C19H22N4O2S2/c1-18(2)8-13-9-27-17(22-15(24)12-6-4-3-5-7-12)23-19(13,11-25-18)16-21-14(20)10-26-16/h3-7,10,13H,8-9,11,20H2,1-2H3,(H,22,23,24)/t13-,19-/m0/s1. The summed E-state index contributed by atoms with van der Waals surface area (Å²) in [4.78, 5) is 22.0. The number of nitrogen functional groups attached to an aromatic ring is 1. The number of thioether (sulfide) groups is 1. The molecule has 2 atom stereocenters. The van der Waals surface area contributed by atoms with Gasteiger partial charge < -0.3 is 15.8 Å². The zero-order valence-electron chi connectivity index (χ0n) is 15.3. The minimum atomic E-state index is -0.595. The highest BCUT2D eigenvalue weighted by Crippen LogP contribution is 2.49. The lowest BCUT2D eigenvalue weighted by atomic mass is 9.77. The number of nitrogens with two attached hydrogens (primary N) is 1. The fraction of sp³-hybridized carbons (Fsp3) is 0.421. The number of ether oxygens (including phenoxy) is 1. The summed E-state index contributed by atoms with van der Waals surface area (Å²) in [6.45, 7) is 4.64. The quantitative estimate of drug-likeness (QED) is 0.805. The summed E-state index contributed by atoms with van der Waals surface area (Å²) in [5.74, 6) is 1.46. The lowest BCUT2D eigenvalue weighted by Crippen LogP contribution is -2.53. The fourth-order valence-corrected chi connectivity index (χ4v) is 5.61. The van der Waals surface area contributed by atoms with E-state index >= 15 is 0 Å². The Morgan fingerprint density at radius 3 is 2.81 bits per heavy atom. The van der Waals surface area contributed by atoms with E-state index in [1.54, 1.807) is 23.9 Å². The van der Waals surface area contributed by atoms with Crippen molar-refractivity contribution >= 4 is 40.0 Å². The SMILES string of the molecule is CC1(C)C[C@H]2CSC(NC(=O)c3ccccc3)=N[C@@]2(c2nc(N)cs2)CO1. The maximum atomic E-state index is 12.6. The molecule has 1 amide bonds. The molecule has 1 saturated heterocycles. The third-order valence-electron chi connectivity index (χ3n) is 4.97. The van der Waals surface area contributed by atoms with Crippen molar-refractivity contribution in [3.05, 3.63) is 46.3 Å². The summed E-state index contributed by atoms with van der Waals surface area (Å²) in [7, 11) is 0. The average molecular weight is 403 g/mol. The maximum absolute atomic E-state index is 12.6. The van der Waals surface area contributed by atoms with Crippen LogP contribution in [-0.2, 0) is 10.3 Å². The molecule has 1 aromatic heterocycles. The van der Waals surface area contributed by atoms with Crippen LogP contribution in [0.4, 0.5) is 5.82 Å². The van der Waals surface area contributed by atoms with Crippen LogP contribution in [0.1, 0.15) is 35.6 Å². The molecule has 0 unspecified atom stereocenters. The number of amidine groups is 1. The second-order valence-electron chi connectivity index (χ2n) is 7.50. The first-order chi connectivity index (χ1) is 12.9. The van der Waals surface area contributed by atoms with Crippen LogP contribution < -0.4 is 11.1 Å². The van der Waals surface area contributed by atoms with Crippen molar-refractivity contribution in [1.29, 1.82) is 0 Å². The molecule has 0 radical (unpaired) electrons. The number of anilines is 1. The lowest BCUT2D eigenvalue weighted by molar-refractivity contribution is -0.109. The van der Waals surface area contributed by atoms with Gasteiger partial charge in [0.1, 0.15) is 16.4 Å². The Morgan fingerprint density at radius 2 is 2.11 bits per heavy atom. The maximum Gasteiger partial charge on any atom is 0.257 e. The molecule has 1 aromatic carbocycles. The summed E-state index contributed by atoms with van der Waals surface area (Å²) >= 11 is 3.09. The molecule has 3 N–H and O–H groups in total. The van der Waals surface area contributed by atoms with Crippen LogP contribution in [0.15, 0.2) is 40.7 Å². The number of benzene rings is 1. The van der Waals surface area contributed by atoms with E-state index in [9.17, 15) is 4.79 Å². The normalized spacial score (nSPS) is 26.7. The van der Waals surface area contributed by atoms with Crippen molar-refractivity contribution < 1.29 is 9.53 Å². The molecule has 27 heavy (non-hydrogen) atoms. The molecule has 0 spiro atoms. The first-order valence-corrected chi connectivity index (χ1v) is 10.7. The van der Waals surface area contributed by atoms with Gasteiger partial charge in [-0.05, 0) is 32.4 Å². The topological polar surface area (TPSA) is 89.6 Å². The number of thiazole rings is 1. The van der Waals surface area contributed by atoms with Gasteiger partial charge in [-0.2, -0.15) is 0 Å². The van der Waals surface area contributed by atoms with Gasteiger partial charge in [0, 0.05) is 22.6 Å². The van der Waals surface area contributed by atoms with E-state index in [0.29, 0.717) is 23.2 Å². The van der Waals surface area contributed by atoms with Crippen molar-refractivity contribution in [2.24, 2.45) is 10.9 Å². The molecular weight excluding hydrogens is 380 g/mol. The molecule has 0 aliphatic carbocycles. The van der Waals surface area contributed by atoms with Gasteiger partial charge in [-0.15, -0.1) is 11.3 Å². The third kappa shape index (κ3) is 3.61. The number of nitrogens with zero attached hydrogens (tertiary/aromatic N) is 2. The van der Waals surface area contributed by atoms with Gasteiger partial charge in [0.15, 0.2) is 5.17 Å². The third-order valence-corrected chi connectivity index (χ3v) is 7.03. The molecule has 2 aromatic rings. The second kappa shape index (κ2) is 6.92. The number of rotatable bonds is 2. The van der Waals surface area contributed by atoms with Gasteiger partial charge in [-0.25, -0.2) is 9.98 Å². The van der Waals surface area contributed by atoms with E-state index in [0.717, 1.165) is 17.2 Å². The Kier molecular flexibility index (Phi) is 4.73. The number of hydrogen-bond acceptors (Lipinski definition) is 7. The molecule has 0 saturated carbocycles. The van der Waals surface area contributed by atoms with Crippen LogP contribution in [0, 0.1) is 5.92 Å². The molecule has 6 nitrogen and oxygen atoms in total. The van der Waals surface area contributed by atoms with Crippen molar-refractivity contribution in [2.75, 3.05) is 18.1 Å². The van der Waals surface area contributed by atoms with Crippen LogP contribution in [0.2, 0.25) is 0 Å². The number of fused-ring (bicyclic) bond motifs is 1. The number of carbonyl (C=O) groups is 1. The molecule has 2 aliphatic heterocycles. The molecule has 1 fully saturated rings. The van der Waals surface area contributed by atoms with Crippen LogP contribution in [0.3, 0.4) is 0 Å². The number of amides is 1. The molecule has 142 valence electrons. The number of nitrogens with one attached hydrogen (secondary N) is 1. The van der Waals surface area contributed by atoms with E-state index in [2.05, 4.69) is 24.1 Å². The second-order valence-corrected chi connectivity index (χ2v) is 9.37. The van der Waals surface area contributed by atoms with E-state index in [1.165, 1.54) is 11.3 Å². The number of carbonyl (C=O) groups excluding carboxylic acids is 1. The number of aromatic nitrogens is 1. The van der Waals surface area contributed by atoms with E-state index in [1.807, 2.05) is 23.6 Å². The summed E-state index contributed by atoms with van der Waals surface area (Å²) in [6, 6.07) is 9.15. The van der Waals surface area contributed by atoms with Crippen LogP contribution >= 0.6 is 23.1 Å². The summed E-state index contributed by atoms with van der Waals surface area (Å²) in [6.07, 6.45) is 0.878. The van der Waals surface area contributed by atoms with E-state index in [-0.39, 0.29) is 17.4 Å². The highest BCUT2D eigenvalue weighted by atomic mass is 32.2. The zero-order chi connectivity index (χ0) is 19.1. The molecule has 8 heteroatoms.